The summed E-state index contributed by atoms with van der Waals surface area (Å²) in [5.41, 5.74) is 5.61. The van der Waals surface area contributed by atoms with E-state index in [0.29, 0.717) is 4.99 Å². The van der Waals surface area contributed by atoms with Crippen LogP contribution in [0.2, 0.25) is 0 Å². The highest BCUT2D eigenvalue weighted by Crippen LogP contribution is 2.12. The van der Waals surface area contributed by atoms with Crippen molar-refractivity contribution in [3.05, 3.63) is 0 Å². The van der Waals surface area contributed by atoms with Crippen LogP contribution >= 0.6 is 12.2 Å². The molecule has 1 unspecified atom stereocenters. The molecule has 2 nitrogen and oxygen atoms in total. The zero-order valence-electron chi connectivity index (χ0n) is 7.75. The van der Waals surface area contributed by atoms with Gasteiger partial charge >= 0.3 is 0 Å². The van der Waals surface area contributed by atoms with E-state index in [9.17, 15) is 0 Å². The fraction of sp³-hybridized carbons (Fsp3) is 0.889. The predicted octanol–water partition coefficient (Wildman–Crippen LogP) is 1.54. The summed E-state index contributed by atoms with van der Waals surface area (Å²) >= 11 is 4.98. The number of nitrogens with two attached hydrogens (primary N) is 1. The number of hydrogen-bond acceptors (Lipinski definition) is 2. The first kappa shape index (κ1) is 9.93. The van der Waals surface area contributed by atoms with Gasteiger partial charge in [0.1, 0.15) is 0 Å². The van der Waals surface area contributed by atoms with Crippen LogP contribution in [-0.2, 0) is 0 Å². The molecule has 2 N–H and O–H groups in total. The molecule has 0 spiro atoms. The fourth-order valence-corrected chi connectivity index (χ4v) is 1.81. The lowest BCUT2D eigenvalue weighted by Crippen LogP contribution is -2.42. The molecule has 0 aromatic rings. The maximum absolute atomic E-state index is 5.61. The summed E-state index contributed by atoms with van der Waals surface area (Å²) in [6, 6.07) is 0.290. The zero-order chi connectivity index (χ0) is 8.97. The van der Waals surface area contributed by atoms with E-state index in [0.717, 1.165) is 0 Å². The first-order chi connectivity index (χ1) is 5.72. The Labute approximate surface area is 80.1 Å². The van der Waals surface area contributed by atoms with Crippen LogP contribution in [0, 0.1) is 0 Å². The van der Waals surface area contributed by atoms with Crippen molar-refractivity contribution < 1.29 is 0 Å². The molecule has 1 aliphatic rings. The van der Waals surface area contributed by atoms with E-state index in [2.05, 4.69) is 11.8 Å². The third-order valence-electron chi connectivity index (χ3n) is 2.60. The summed E-state index contributed by atoms with van der Waals surface area (Å²) in [6.45, 7) is 4.44. The molecular formula is C9H18N2S. The topological polar surface area (TPSA) is 29.3 Å². The first-order valence-electron chi connectivity index (χ1n) is 4.75. The second-order valence-electron chi connectivity index (χ2n) is 3.53. The van der Waals surface area contributed by atoms with Gasteiger partial charge in [-0.15, -0.1) is 0 Å². The van der Waals surface area contributed by atoms with Crippen molar-refractivity contribution in [2.24, 2.45) is 5.73 Å². The van der Waals surface area contributed by atoms with Crippen LogP contribution in [0.4, 0.5) is 0 Å². The summed E-state index contributed by atoms with van der Waals surface area (Å²) in [7, 11) is 0. The van der Waals surface area contributed by atoms with Crippen LogP contribution in [0.1, 0.15) is 32.6 Å². The van der Waals surface area contributed by atoms with Gasteiger partial charge in [0.15, 0.2) is 0 Å². The largest absolute Gasteiger partial charge is 0.392 e. The highest BCUT2D eigenvalue weighted by atomic mass is 32.1. The molecule has 70 valence electrons. The third-order valence-corrected chi connectivity index (χ3v) is 2.94. The zero-order valence-corrected chi connectivity index (χ0v) is 8.57. The Morgan fingerprint density at radius 2 is 1.75 bits per heavy atom. The Morgan fingerprint density at radius 3 is 2.17 bits per heavy atom. The Hall–Kier alpha value is -0.150. The van der Waals surface area contributed by atoms with Gasteiger partial charge in [0.25, 0.3) is 0 Å². The van der Waals surface area contributed by atoms with Gasteiger partial charge in [-0.1, -0.05) is 25.1 Å². The van der Waals surface area contributed by atoms with E-state index in [1.807, 2.05) is 0 Å². The van der Waals surface area contributed by atoms with E-state index < -0.39 is 0 Å². The molecule has 0 saturated carbocycles. The van der Waals surface area contributed by atoms with Crippen LogP contribution in [-0.4, -0.2) is 29.0 Å². The highest BCUT2D eigenvalue weighted by Gasteiger charge is 2.16. The first-order valence-corrected chi connectivity index (χ1v) is 5.16. The number of likely N-dealkylation sites (tertiary alicyclic amines) is 1. The predicted molar refractivity (Wildman–Crippen MR) is 56.3 cm³/mol. The molecule has 0 aromatic heterocycles. The molecule has 1 atom stereocenters. The molecule has 3 heteroatoms. The van der Waals surface area contributed by atoms with Crippen LogP contribution in [0.3, 0.4) is 0 Å². The number of rotatable bonds is 2. The van der Waals surface area contributed by atoms with E-state index in [-0.39, 0.29) is 6.04 Å². The van der Waals surface area contributed by atoms with E-state index in [4.69, 9.17) is 18.0 Å². The standard InChI is InChI=1S/C9H18N2S/c1-8(9(10)12)11-6-4-2-3-5-7-11/h8H,2-7H2,1H3,(H2,10,12). The van der Waals surface area contributed by atoms with Gasteiger partial charge in [0.05, 0.1) is 11.0 Å². The SMILES string of the molecule is CC(C(N)=S)N1CCCCCC1. The Morgan fingerprint density at radius 1 is 1.25 bits per heavy atom. The van der Waals surface area contributed by atoms with Gasteiger partial charge in [0.2, 0.25) is 0 Å². The summed E-state index contributed by atoms with van der Waals surface area (Å²) < 4.78 is 0. The lowest BCUT2D eigenvalue weighted by Gasteiger charge is -2.26. The second-order valence-corrected chi connectivity index (χ2v) is 4.00. The monoisotopic (exact) mass is 186 g/mol. The van der Waals surface area contributed by atoms with Crippen molar-refractivity contribution in [1.29, 1.82) is 0 Å². The molecule has 1 aliphatic heterocycles. The molecule has 0 amide bonds. The minimum Gasteiger partial charge on any atom is -0.392 e. The second kappa shape index (κ2) is 4.77. The molecular weight excluding hydrogens is 168 g/mol. The van der Waals surface area contributed by atoms with E-state index in [1.165, 1.54) is 38.8 Å². The van der Waals surface area contributed by atoms with Crippen LogP contribution in [0.25, 0.3) is 0 Å². The summed E-state index contributed by atoms with van der Waals surface area (Å²) in [4.78, 5) is 3.03. The molecule has 0 bridgehead atoms. The third kappa shape index (κ3) is 2.72. The summed E-state index contributed by atoms with van der Waals surface area (Å²) in [5.74, 6) is 0. The molecule has 1 saturated heterocycles. The maximum atomic E-state index is 5.61. The van der Waals surface area contributed by atoms with Crippen molar-refractivity contribution >= 4 is 17.2 Å². The summed E-state index contributed by atoms with van der Waals surface area (Å²) in [5, 5.41) is 0. The average molecular weight is 186 g/mol. The smallest absolute Gasteiger partial charge is 0.0899 e. The van der Waals surface area contributed by atoms with Crippen LogP contribution in [0.5, 0.6) is 0 Å². The molecule has 1 rings (SSSR count). The molecule has 12 heavy (non-hydrogen) atoms. The Bertz CT molecular complexity index is 151. The molecule has 1 fully saturated rings. The number of thiocarbonyl (C=S) groups is 1. The van der Waals surface area contributed by atoms with E-state index >= 15 is 0 Å². The minimum absolute atomic E-state index is 0.290. The normalized spacial score (nSPS) is 23.1. The maximum Gasteiger partial charge on any atom is 0.0899 e. The quantitative estimate of drug-likeness (QED) is 0.663. The van der Waals surface area contributed by atoms with Crippen molar-refractivity contribution in [2.75, 3.05) is 13.1 Å². The van der Waals surface area contributed by atoms with Crippen LogP contribution < -0.4 is 5.73 Å². The van der Waals surface area contributed by atoms with Gasteiger partial charge in [0, 0.05) is 0 Å². The van der Waals surface area contributed by atoms with Crippen molar-refractivity contribution in [2.45, 2.75) is 38.6 Å². The van der Waals surface area contributed by atoms with Gasteiger partial charge in [-0.2, -0.15) is 0 Å². The van der Waals surface area contributed by atoms with Gasteiger partial charge in [-0.3, -0.25) is 4.90 Å². The lowest BCUT2D eigenvalue weighted by atomic mass is 10.2. The summed E-state index contributed by atoms with van der Waals surface area (Å²) in [6.07, 6.45) is 5.32. The van der Waals surface area contributed by atoms with Crippen molar-refractivity contribution in [3.8, 4) is 0 Å². The Kier molecular flexibility index (Phi) is 3.95. The van der Waals surface area contributed by atoms with E-state index in [1.54, 1.807) is 0 Å². The minimum atomic E-state index is 0.290. The Balaban J connectivity index is 2.42. The van der Waals surface area contributed by atoms with Crippen molar-refractivity contribution in [1.82, 2.24) is 4.90 Å². The van der Waals surface area contributed by atoms with Gasteiger partial charge < -0.3 is 5.73 Å². The molecule has 0 aromatic carbocycles. The van der Waals surface area contributed by atoms with Gasteiger partial charge in [-0.25, -0.2) is 0 Å². The number of hydrogen-bond donors (Lipinski definition) is 1. The lowest BCUT2D eigenvalue weighted by molar-refractivity contribution is 0.264. The van der Waals surface area contributed by atoms with Crippen molar-refractivity contribution in [3.63, 3.8) is 0 Å². The van der Waals surface area contributed by atoms with Gasteiger partial charge in [-0.05, 0) is 32.9 Å². The molecule has 0 aliphatic carbocycles. The molecule has 1 heterocycles. The highest BCUT2D eigenvalue weighted by molar-refractivity contribution is 7.80. The van der Waals surface area contributed by atoms with Crippen LogP contribution in [0.15, 0.2) is 0 Å². The molecule has 0 radical (unpaired) electrons. The number of nitrogens with zero attached hydrogens (tertiary/aromatic N) is 1. The average Bonchev–Trinajstić information content (AvgIpc) is 2.30. The fourth-order valence-electron chi connectivity index (χ4n) is 1.66.